The van der Waals surface area contributed by atoms with Crippen LogP contribution in [0.1, 0.15) is 15.9 Å². The van der Waals surface area contributed by atoms with Crippen LogP contribution in [0.5, 0.6) is 0 Å². The fraction of sp³-hybridized carbons (Fsp3) is 0.480. The third kappa shape index (κ3) is 6.46. The van der Waals surface area contributed by atoms with E-state index in [0.717, 1.165) is 19.2 Å². The lowest BCUT2D eigenvalue weighted by Crippen LogP contribution is -2.51. The summed E-state index contributed by atoms with van der Waals surface area (Å²) in [6.07, 6.45) is -0.571. The number of sulfonamides is 1. The van der Waals surface area contributed by atoms with Gasteiger partial charge in [0.2, 0.25) is 10.0 Å². The van der Waals surface area contributed by atoms with Crippen molar-refractivity contribution in [2.75, 3.05) is 65.6 Å². The van der Waals surface area contributed by atoms with Crippen molar-refractivity contribution < 1.29 is 31.5 Å². The van der Waals surface area contributed by atoms with Gasteiger partial charge in [-0.1, -0.05) is 6.07 Å². The number of hydrogen-bond donors (Lipinski definition) is 0. The monoisotopic (exact) mass is 523 g/mol. The molecule has 2 aromatic rings. The highest BCUT2D eigenvalue weighted by Gasteiger charge is 2.33. The van der Waals surface area contributed by atoms with Crippen LogP contribution in [0, 0.1) is 18.6 Å². The number of ether oxygens (including phenoxy) is 2. The number of carbonyl (C=O) groups is 1. The zero-order chi connectivity index (χ0) is 25.7. The van der Waals surface area contributed by atoms with E-state index < -0.39 is 27.8 Å². The van der Waals surface area contributed by atoms with E-state index in [9.17, 15) is 22.0 Å². The SMILES string of the molecule is Cc1ccc(S(=O)(=O)N2CCOC(CN(CCN3CCOCC3)C(=O)c3ccc(F)cc3)C2)cc1F. The Morgan fingerprint density at radius 3 is 2.47 bits per heavy atom. The zero-order valence-electron chi connectivity index (χ0n) is 20.2. The van der Waals surface area contributed by atoms with Crippen molar-refractivity contribution in [2.24, 2.45) is 0 Å². The van der Waals surface area contributed by atoms with E-state index in [1.165, 1.54) is 40.7 Å². The first-order valence-corrected chi connectivity index (χ1v) is 13.4. The van der Waals surface area contributed by atoms with E-state index >= 15 is 0 Å². The summed E-state index contributed by atoms with van der Waals surface area (Å²) < 4.78 is 66.3. The van der Waals surface area contributed by atoms with Crippen LogP contribution in [0.3, 0.4) is 0 Å². The Kier molecular flexibility index (Phi) is 8.68. The predicted octanol–water partition coefficient (Wildman–Crippen LogP) is 2.14. The minimum Gasteiger partial charge on any atom is -0.379 e. The van der Waals surface area contributed by atoms with E-state index in [1.807, 2.05) is 0 Å². The fourth-order valence-corrected chi connectivity index (χ4v) is 5.76. The molecule has 4 rings (SSSR count). The Morgan fingerprint density at radius 2 is 1.78 bits per heavy atom. The van der Waals surface area contributed by atoms with Gasteiger partial charge in [-0.15, -0.1) is 0 Å². The number of nitrogens with zero attached hydrogens (tertiary/aromatic N) is 3. The number of aryl methyl sites for hydroxylation is 1. The van der Waals surface area contributed by atoms with Crippen LogP contribution < -0.4 is 0 Å². The zero-order valence-corrected chi connectivity index (χ0v) is 21.1. The summed E-state index contributed by atoms with van der Waals surface area (Å²) in [6, 6.07) is 9.20. The summed E-state index contributed by atoms with van der Waals surface area (Å²) in [7, 11) is -3.93. The molecule has 2 fully saturated rings. The van der Waals surface area contributed by atoms with Crippen molar-refractivity contribution in [3.63, 3.8) is 0 Å². The van der Waals surface area contributed by atoms with Crippen LogP contribution in [0.15, 0.2) is 47.4 Å². The van der Waals surface area contributed by atoms with Gasteiger partial charge in [0.05, 0.1) is 30.8 Å². The predicted molar refractivity (Wildman–Crippen MR) is 129 cm³/mol. The van der Waals surface area contributed by atoms with Gasteiger partial charge in [-0.25, -0.2) is 17.2 Å². The first-order valence-electron chi connectivity index (χ1n) is 12.0. The van der Waals surface area contributed by atoms with Gasteiger partial charge in [-0.05, 0) is 48.9 Å². The number of rotatable bonds is 8. The highest BCUT2D eigenvalue weighted by molar-refractivity contribution is 7.89. The van der Waals surface area contributed by atoms with Crippen LogP contribution in [0.4, 0.5) is 8.78 Å². The third-order valence-corrected chi connectivity index (χ3v) is 8.34. The van der Waals surface area contributed by atoms with Gasteiger partial charge in [-0.2, -0.15) is 4.31 Å². The molecule has 8 nitrogen and oxygen atoms in total. The second-order valence-corrected chi connectivity index (χ2v) is 10.9. The summed E-state index contributed by atoms with van der Waals surface area (Å²) in [4.78, 5) is 17.0. The number of amides is 1. The van der Waals surface area contributed by atoms with E-state index in [1.54, 1.807) is 11.8 Å². The largest absolute Gasteiger partial charge is 0.379 e. The first kappa shape index (κ1) is 26.6. The minimum atomic E-state index is -3.93. The molecule has 0 spiro atoms. The topological polar surface area (TPSA) is 79.4 Å². The molecule has 0 bridgehead atoms. The second-order valence-electron chi connectivity index (χ2n) is 8.98. The molecule has 0 radical (unpaired) electrons. The third-order valence-electron chi connectivity index (χ3n) is 6.47. The maximum absolute atomic E-state index is 14.1. The molecule has 1 amide bonds. The standard InChI is InChI=1S/C25H31F2N3O5S/c1-19-2-7-23(16-24(19)27)36(32,33)30-12-15-35-22(18-30)17-29(9-8-28-10-13-34-14-11-28)25(31)20-3-5-21(26)6-4-20/h2-7,16,22H,8-15,17-18H2,1H3. The van der Waals surface area contributed by atoms with E-state index in [4.69, 9.17) is 9.47 Å². The van der Waals surface area contributed by atoms with Crippen molar-refractivity contribution in [3.8, 4) is 0 Å². The molecule has 0 N–H and O–H groups in total. The molecule has 0 aliphatic carbocycles. The van der Waals surface area contributed by atoms with Crippen LogP contribution in [0.25, 0.3) is 0 Å². The van der Waals surface area contributed by atoms with Crippen LogP contribution in [-0.2, 0) is 19.5 Å². The molecule has 2 aliphatic heterocycles. The number of halogens is 2. The summed E-state index contributed by atoms with van der Waals surface area (Å²) in [5, 5.41) is 0. The summed E-state index contributed by atoms with van der Waals surface area (Å²) >= 11 is 0. The van der Waals surface area contributed by atoms with Gasteiger partial charge in [0.1, 0.15) is 11.6 Å². The van der Waals surface area contributed by atoms with Crippen molar-refractivity contribution in [1.29, 1.82) is 0 Å². The Balaban J connectivity index is 1.48. The minimum absolute atomic E-state index is 0.0303. The summed E-state index contributed by atoms with van der Waals surface area (Å²) in [6.45, 7) is 5.84. The highest BCUT2D eigenvalue weighted by atomic mass is 32.2. The molecule has 1 unspecified atom stereocenters. The molecule has 36 heavy (non-hydrogen) atoms. The van der Waals surface area contributed by atoms with E-state index in [-0.39, 0.29) is 37.0 Å². The van der Waals surface area contributed by atoms with Crippen molar-refractivity contribution in [1.82, 2.24) is 14.1 Å². The first-order chi connectivity index (χ1) is 17.2. The number of hydrogen-bond acceptors (Lipinski definition) is 6. The fourth-order valence-electron chi connectivity index (χ4n) is 4.29. The number of carbonyl (C=O) groups excluding carboxylic acids is 1. The van der Waals surface area contributed by atoms with Crippen molar-refractivity contribution >= 4 is 15.9 Å². The van der Waals surface area contributed by atoms with Crippen LogP contribution in [0.2, 0.25) is 0 Å². The van der Waals surface area contributed by atoms with Gasteiger partial charge >= 0.3 is 0 Å². The van der Waals surface area contributed by atoms with Gasteiger partial charge in [0.25, 0.3) is 5.91 Å². The van der Waals surface area contributed by atoms with E-state index in [2.05, 4.69) is 4.90 Å². The maximum atomic E-state index is 14.1. The summed E-state index contributed by atoms with van der Waals surface area (Å²) in [5.74, 6) is -1.30. The average molecular weight is 524 g/mol. The molecular weight excluding hydrogens is 492 g/mol. The number of benzene rings is 2. The Hall–Kier alpha value is -2.44. The van der Waals surface area contributed by atoms with Crippen LogP contribution in [-0.4, -0.2) is 100 Å². The molecule has 2 heterocycles. The highest BCUT2D eigenvalue weighted by Crippen LogP contribution is 2.22. The molecule has 0 aromatic heterocycles. The van der Waals surface area contributed by atoms with Crippen molar-refractivity contribution in [3.05, 3.63) is 65.2 Å². The Labute approximate surface area is 210 Å². The molecule has 196 valence electrons. The molecule has 2 aromatic carbocycles. The molecule has 0 saturated carbocycles. The smallest absolute Gasteiger partial charge is 0.253 e. The lowest BCUT2D eigenvalue weighted by atomic mass is 10.1. The number of morpholine rings is 2. The second kappa shape index (κ2) is 11.7. The molecular formula is C25H31F2N3O5S. The van der Waals surface area contributed by atoms with Crippen LogP contribution >= 0.6 is 0 Å². The Bertz CT molecular complexity index is 1160. The molecule has 1 atom stereocenters. The quantitative estimate of drug-likeness (QED) is 0.528. The summed E-state index contributed by atoms with van der Waals surface area (Å²) in [5.41, 5.74) is 0.706. The van der Waals surface area contributed by atoms with Gasteiger partial charge in [0.15, 0.2) is 0 Å². The van der Waals surface area contributed by atoms with Gasteiger partial charge < -0.3 is 14.4 Å². The molecule has 11 heteroatoms. The van der Waals surface area contributed by atoms with E-state index in [0.29, 0.717) is 37.4 Å². The lowest BCUT2D eigenvalue weighted by molar-refractivity contribution is -0.0200. The molecule has 2 aliphatic rings. The maximum Gasteiger partial charge on any atom is 0.253 e. The normalized spacial score (nSPS) is 19.8. The molecule has 2 saturated heterocycles. The van der Waals surface area contributed by atoms with Gasteiger partial charge in [-0.3, -0.25) is 9.69 Å². The van der Waals surface area contributed by atoms with Crippen molar-refractivity contribution in [2.45, 2.75) is 17.9 Å². The lowest BCUT2D eigenvalue weighted by Gasteiger charge is -2.36. The van der Waals surface area contributed by atoms with Gasteiger partial charge in [0, 0.05) is 51.4 Å². The Morgan fingerprint density at radius 1 is 1.06 bits per heavy atom. The average Bonchev–Trinajstić information content (AvgIpc) is 2.89.